The van der Waals surface area contributed by atoms with E-state index in [-0.39, 0.29) is 17.6 Å². The molecule has 0 saturated carbocycles. The Kier molecular flexibility index (Phi) is 4.55. The van der Waals surface area contributed by atoms with Crippen LogP contribution in [0.25, 0.3) is 6.08 Å². The number of ether oxygens (including phenoxy) is 2. The van der Waals surface area contributed by atoms with Crippen molar-refractivity contribution in [1.29, 1.82) is 0 Å². The van der Waals surface area contributed by atoms with Crippen molar-refractivity contribution >= 4 is 23.3 Å². The van der Waals surface area contributed by atoms with E-state index in [4.69, 9.17) is 9.47 Å². The topological polar surface area (TPSA) is 51.7 Å². The number of hydrogen-bond acceptors (Lipinski definition) is 5. The van der Waals surface area contributed by atoms with Gasteiger partial charge in [0.1, 0.15) is 6.10 Å². The third-order valence-electron chi connectivity index (χ3n) is 4.66. The summed E-state index contributed by atoms with van der Waals surface area (Å²) in [4.78, 5) is 19.6. The Morgan fingerprint density at radius 2 is 2.36 bits per heavy atom. The molecule has 25 heavy (non-hydrogen) atoms. The number of likely N-dealkylation sites (tertiary alicyclic amines) is 1. The normalized spacial score (nSPS) is 25.9. The minimum absolute atomic E-state index is 0.00777. The second kappa shape index (κ2) is 6.98. The highest BCUT2D eigenvalue weighted by atomic mass is 32.1. The second-order valence-electron chi connectivity index (χ2n) is 6.46. The van der Waals surface area contributed by atoms with Gasteiger partial charge in [-0.3, -0.25) is 4.79 Å². The summed E-state index contributed by atoms with van der Waals surface area (Å²) in [5.74, 6) is 0.668. The van der Waals surface area contributed by atoms with Crippen LogP contribution in [0.2, 0.25) is 0 Å². The van der Waals surface area contributed by atoms with Gasteiger partial charge in [-0.2, -0.15) is 0 Å². The van der Waals surface area contributed by atoms with Crippen molar-refractivity contribution in [2.75, 3.05) is 19.7 Å². The lowest BCUT2D eigenvalue weighted by Gasteiger charge is -2.22. The maximum absolute atomic E-state index is 12.4. The molecule has 0 aromatic carbocycles. The Bertz CT molecular complexity index is 747. The molecule has 5 nitrogen and oxygen atoms in total. The van der Waals surface area contributed by atoms with Gasteiger partial charge < -0.3 is 14.4 Å². The van der Waals surface area contributed by atoms with Crippen molar-refractivity contribution < 1.29 is 14.3 Å². The van der Waals surface area contributed by atoms with Crippen LogP contribution >= 0.6 is 11.3 Å². The Morgan fingerprint density at radius 3 is 3.16 bits per heavy atom. The van der Waals surface area contributed by atoms with E-state index in [0.717, 1.165) is 24.3 Å². The van der Waals surface area contributed by atoms with Crippen LogP contribution < -0.4 is 4.74 Å². The fraction of sp³-hybridized carbons (Fsp3) is 0.368. The molecule has 2 fully saturated rings. The van der Waals surface area contributed by atoms with Crippen LogP contribution in [0.1, 0.15) is 17.7 Å². The first-order valence-electron chi connectivity index (χ1n) is 8.45. The van der Waals surface area contributed by atoms with E-state index in [1.54, 1.807) is 23.6 Å². The third-order valence-corrected chi connectivity index (χ3v) is 5.50. The quantitative estimate of drug-likeness (QED) is 0.791. The van der Waals surface area contributed by atoms with E-state index in [9.17, 15) is 4.79 Å². The summed E-state index contributed by atoms with van der Waals surface area (Å²) in [6.45, 7) is 1.90. The lowest BCUT2D eigenvalue weighted by atomic mass is 9.98. The molecule has 2 aliphatic heterocycles. The van der Waals surface area contributed by atoms with Crippen LogP contribution in [0.4, 0.5) is 0 Å². The van der Waals surface area contributed by atoms with Crippen LogP contribution in [0.5, 0.6) is 5.88 Å². The molecule has 2 aliphatic rings. The third kappa shape index (κ3) is 3.75. The Morgan fingerprint density at radius 1 is 1.40 bits per heavy atom. The number of carbonyl (C=O) groups excluding carboxylic acids is 1. The summed E-state index contributed by atoms with van der Waals surface area (Å²) in [6, 6.07) is 9.60. The van der Waals surface area contributed by atoms with Gasteiger partial charge in [0, 0.05) is 36.2 Å². The number of rotatable bonds is 4. The molecule has 2 aromatic heterocycles. The van der Waals surface area contributed by atoms with Crippen LogP contribution in [-0.2, 0) is 9.53 Å². The largest absolute Gasteiger partial charge is 0.472 e. The molecule has 0 aliphatic carbocycles. The SMILES string of the molecule is O=C(/C=C/c1cccs1)N1CC[C@]2(C[C@@H](Oc3ccccn3)CO2)C1. The van der Waals surface area contributed by atoms with Gasteiger partial charge in [-0.1, -0.05) is 12.1 Å². The molecular formula is C19H20N2O3S. The van der Waals surface area contributed by atoms with E-state index in [0.29, 0.717) is 19.0 Å². The number of amides is 1. The van der Waals surface area contributed by atoms with Gasteiger partial charge in [0.25, 0.3) is 0 Å². The maximum Gasteiger partial charge on any atom is 0.246 e. The summed E-state index contributed by atoms with van der Waals surface area (Å²) >= 11 is 1.62. The van der Waals surface area contributed by atoms with Crippen molar-refractivity contribution in [3.05, 3.63) is 52.9 Å². The van der Waals surface area contributed by atoms with E-state index in [1.165, 1.54) is 0 Å². The zero-order valence-electron chi connectivity index (χ0n) is 13.8. The summed E-state index contributed by atoms with van der Waals surface area (Å²) in [5, 5.41) is 2.00. The molecule has 130 valence electrons. The summed E-state index contributed by atoms with van der Waals surface area (Å²) < 4.78 is 12.0. The van der Waals surface area contributed by atoms with Crippen LogP contribution in [0, 0.1) is 0 Å². The van der Waals surface area contributed by atoms with Crippen molar-refractivity contribution in [3.8, 4) is 5.88 Å². The first kappa shape index (κ1) is 16.3. The molecule has 1 spiro atoms. The summed E-state index contributed by atoms with van der Waals surface area (Å²) in [7, 11) is 0. The van der Waals surface area contributed by atoms with Crippen LogP contribution in [0.15, 0.2) is 48.0 Å². The predicted octanol–water partition coefficient (Wildman–Crippen LogP) is 3.00. The zero-order chi connectivity index (χ0) is 17.1. The first-order valence-corrected chi connectivity index (χ1v) is 9.33. The lowest BCUT2D eigenvalue weighted by molar-refractivity contribution is -0.126. The molecule has 6 heteroatoms. The average Bonchev–Trinajstić information content (AvgIpc) is 3.37. The molecule has 0 bridgehead atoms. The van der Waals surface area contributed by atoms with E-state index in [2.05, 4.69) is 4.98 Å². The van der Waals surface area contributed by atoms with Crippen LogP contribution in [0.3, 0.4) is 0 Å². The van der Waals surface area contributed by atoms with Gasteiger partial charge in [-0.05, 0) is 30.0 Å². The van der Waals surface area contributed by atoms with Crippen LogP contribution in [-0.4, -0.2) is 47.2 Å². The Labute approximate surface area is 150 Å². The molecule has 2 atom stereocenters. The fourth-order valence-electron chi connectivity index (χ4n) is 3.43. The standard InChI is InChI=1S/C19H20N2O3S/c22-18(7-6-16-4-3-11-25-16)21-10-8-19(14-21)12-15(13-23-19)24-17-5-1-2-9-20-17/h1-7,9,11,15H,8,10,12-14H2/b7-6+/t15-,19+/m1/s1. The molecule has 4 heterocycles. The predicted molar refractivity (Wildman–Crippen MR) is 96.5 cm³/mol. The Hall–Kier alpha value is -2.18. The lowest BCUT2D eigenvalue weighted by Crippen LogP contribution is -2.35. The Balaban J connectivity index is 1.33. The molecule has 2 aromatic rings. The number of hydrogen-bond donors (Lipinski definition) is 0. The molecule has 1 amide bonds. The monoisotopic (exact) mass is 356 g/mol. The number of aromatic nitrogens is 1. The second-order valence-corrected chi connectivity index (χ2v) is 7.44. The first-order chi connectivity index (χ1) is 12.2. The van der Waals surface area contributed by atoms with E-state index >= 15 is 0 Å². The van der Waals surface area contributed by atoms with Crippen molar-refractivity contribution in [3.63, 3.8) is 0 Å². The van der Waals surface area contributed by atoms with Crippen molar-refractivity contribution in [2.24, 2.45) is 0 Å². The molecular weight excluding hydrogens is 336 g/mol. The van der Waals surface area contributed by atoms with Gasteiger partial charge in [-0.15, -0.1) is 11.3 Å². The highest BCUT2D eigenvalue weighted by Gasteiger charge is 2.47. The fourth-order valence-corrected chi connectivity index (χ4v) is 4.05. The highest BCUT2D eigenvalue weighted by Crippen LogP contribution is 2.36. The summed E-state index contributed by atoms with van der Waals surface area (Å²) in [5.41, 5.74) is -0.272. The highest BCUT2D eigenvalue weighted by molar-refractivity contribution is 7.10. The summed E-state index contributed by atoms with van der Waals surface area (Å²) in [6.07, 6.45) is 6.89. The molecule has 4 rings (SSSR count). The molecule has 0 unspecified atom stereocenters. The van der Waals surface area contributed by atoms with E-state index < -0.39 is 0 Å². The van der Waals surface area contributed by atoms with Gasteiger partial charge in [0.15, 0.2) is 0 Å². The molecule has 2 saturated heterocycles. The van der Waals surface area contributed by atoms with Gasteiger partial charge in [-0.25, -0.2) is 4.98 Å². The molecule has 0 N–H and O–H groups in total. The van der Waals surface area contributed by atoms with E-state index in [1.807, 2.05) is 46.7 Å². The van der Waals surface area contributed by atoms with Gasteiger partial charge in [0.2, 0.25) is 11.8 Å². The average molecular weight is 356 g/mol. The van der Waals surface area contributed by atoms with Gasteiger partial charge in [0.05, 0.1) is 18.8 Å². The van der Waals surface area contributed by atoms with Gasteiger partial charge >= 0.3 is 0 Å². The minimum atomic E-state index is -0.272. The zero-order valence-corrected chi connectivity index (χ0v) is 14.7. The number of pyridine rings is 1. The number of carbonyl (C=O) groups is 1. The minimum Gasteiger partial charge on any atom is -0.472 e. The molecule has 0 radical (unpaired) electrons. The maximum atomic E-state index is 12.4. The van der Waals surface area contributed by atoms with Crippen molar-refractivity contribution in [1.82, 2.24) is 9.88 Å². The smallest absolute Gasteiger partial charge is 0.246 e. The number of nitrogens with zero attached hydrogens (tertiary/aromatic N) is 2. The number of thiophene rings is 1. The van der Waals surface area contributed by atoms with Crippen molar-refractivity contribution in [2.45, 2.75) is 24.5 Å².